The minimum Gasteiger partial charge on any atom is -0.126 e. The normalized spacial score (nSPS) is 11.2. The van der Waals surface area contributed by atoms with Crippen LogP contribution in [0.25, 0.3) is 21.5 Å². The van der Waals surface area contributed by atoms with Gasteiger partial charge in [0.2, 0.25) is 0 Å². The fraction of sp³-hybridized carbons (Fsp3) is 0.0323. The molecule has 0 nitrogen and oxygen atoms in total. The summed E-state index contributed by atoms with van der Waals surface area (Å²) in [6, 6.07) is 40.4. The van der Waals surface area contributed by atoms with Crippen LogP contribution in [0.2, 0.25) is 0 Å². The second-order valence-corrected chi connectivity index (χ2v) is 8.66. The minimum atomic E-state index is 0. The van der Waals surface area contributed by atoms with E-state index in [2.05, 4.69) is 127 Å². The first-order chi connectivity index (χ1) is 15.8. The summed E-state index contributed by atoms with van der Waals surface area (Å²) in [5.74, 6) is 0. The Hall–Kier alpha value is -2.73. The first kappa shape index (κ1) is 24.9. The molecule has 2 heteroatoms. The van der Waals surface area contributed by atoms with Gasteiger partial charge in [0.25, 0.3) is 0 Å². The second kappa shape index (κ2) is 13.1. The van der Waals surface area contributed by atoms with Crippen LogP contribution in [0.1, 0.15) is 17.5 Å². The van der Waals surface area contributed by atoms with Crippen molar-refractivity contribution in [1.82, 2.24) is 0 Å². The number of hydrogen-bond acceptors (Lipinski definition) is 0. The zero-order valence-corrected chi connectivity index (χ0v) is 21.6. The summed E-state index contributed by atoms with van der Waals surface area (Å²) in [6.45, 7) is 0. The molecule has 0 saturated heterocycles. The Balaban J connectivity index is 0.000000150. The van der Waals surface area contributed by atoms with Crippen molar-refractivity contribution in [2.45, 2.75) is 6.42 Å². The predicted octanol–water partition coefficient (Wildman–Crippen LogP) is 8.24. The number of allylic oxidation sites excluding steroid dienone is 4. The van der Waals surface area contributed by atoms with Crippen molar-refractivity contribution in [1.29, 1.82) is 0 Å². The third-order valence-electron chi connectivity index (χ3n) is 5.23. The molecule has 0 spiro atoms. The molecule has 0 saturated carbocycles. The monoisotopic (exact) mass is 522 g/mol. The Labute approximate surface area is 217 Å². The maximum atomic E-state index is 2.99. The van der Waals surface area contributed by atoms with Gasteiger partial charge in [-0.3, -0.25) is 6.08 Å². The zero-order valence-electron chi connectivity index (χ0n) is 18.3. The van der Waals surface area contributed by atoms with Gasteiger partial charge in [0.1, 0.15) is 0 Å². The van der Waals surface area contributed by atoms with Gasteiger partial charge in [0.05, 0.1) is 0 Å². The molecule has 6 rings (SSSR count). The molecule has 0 unspecified atom stereocenters. The molecule has 160 valence electrons. The molecular weight excluding hydrogens is 499 g/mol. The molecule has 1 aliphatic carbocycles. The first-order valence-corrected chi connectivity index (χ1v) is 12.0. The van der Waals surface area contributed by atoms with Crippen molar-refractivity contribution in [3.63, 3.8) is 0 Å². The molecule has 0 radical (unpaired) electrons. The van der Waals surface area contributed by atoms with Crippen LogP contribution < -0.4 is 0 Å². The third kappa shape index (κ3) is 6.88. The van der Waals surface area contributed by atoms with E-state index in [4.69, 9.17) is 0 Å². The van der Waals surface area contributed by atoms with E-state index in [9.17, 15) is 0 Å². The topological polar surface area (TPSA) is 0 Å². The predicted molar refractivity (Wildman–Crippen MR) is 142 cm³/mol. The van der Waals surface area contributed by atoms with Crippen molar-refractivity contribution >= 4 is 37.2 Å². The molecule has 0 fully saturated rings. The van der Waals surface area contributed by atoms with Crippen LogP contribution in [0.4, 0.5) is 0 Å². The van der Waals surface area contributed by atoms with Crippen LogP contribution in [0, 0.1) is 6.08 Å². The van der Waals surface area contributed by atoms with Gasteiger partial charge in [-0.1, -0.05) is 36.4 Å². The van der Waals surface area contributed by atoms with Gasteiger partial charge < -0.3 is 0 Å². The molecule has 1 aliphatic rings. The SMILES string of the molecule is Cl.[C-]1=CC=CC1.[Zr+2]=[C](c1ccccc1)c1ccccc1.c1ccc2c(c1)[cH-]c1ccccc12. The third-order valence-corrected chi connectivity index (χ3v) is 6.65. The molecule has 5 aromatic carbocycles. The Morgan fingerprint density at radius 3 is 1.48 bits per heavy atom. The van der Waals surface area contributed by atoms with Gasteiger partial charge in [-0.15, -0.1) is 58.6 Å². The van der Waals surface area contributed by atoms with Crippen molar-refractivity contribution in [2.24, 2.45) is 0 Å². The summed E-state index contributed by atoms with van der Waals surface area (Å²) in [5, 5.41) is 5.39. The number of rotatable bonds is 2. The van der Waals surface area contributed by atoms with Crippen molar-refractivity contribution in [2.75, 3.05) is 0 Å². The van der Waals surface area contributed by atoms with E-state index < -0.39 is 0 Å². The summed E-state index contributed by atoms with van der Waals surface area (Å²) in [6.07, 6.45) is 10.0. The number of halogens is 1. The van der Waals surface area contributed by atoms with E-state index >= 15 is 0 Å². The Morgan fingerprint density at radius 2 is 1.09 bits per heavy atom. The van der Waals surface area contributed by atoms with Crippen molar-refractivity contribution < 1.29 is 24.2 Å². The quantitative estimate of drug-likeness (QED) is 0.204. The summed E-state index contributed by atoms with van der Waals surface area (Å²) in [4.78, 5) is 0. The van der Waals surface area contributed by atoms with Crippen LogP contribution in [0.15, 0.2) is 133 Å². The molecule has 0 N–H and O–H groups in total. The van der Waals surface area contributed by atoms with Gasteiger partial charge in [-0.2, -0.15) is 6.08 Å². The molecule has 0 aromatic heterocycles. The van der Waals surface area contributed by atoms with Crippen LogP contribution in [-0.2, 0) is 24.2 Å². The van der Waals surface area contributed by atoms with Gasteiger partial charge in [-0.25, -0.2) is 12.2 Å². The smallest absolute Gasteiger partial charge is 0.0771 e. The fourth-order valence-corrected chi connectivity index (χ4v) is 4.44. The van der Waals surface area contributed by atoms with Crippen molar-refractivity contribution in [3.8, 4) is 0 Å². The maximum absolute atomic E-state index is 2.99. The number of fused-ring (bicyclic) bond motifs is 3. The molecule has 0 amide bonds. The molecule has 5 aromatic rings. The molecular formula is C31H25ClZr. The molecule has 0 heterocycles. The van der Waals surface area contributed by atoms with Gasteiger partial charge in [0.15, 0.2) is 0 Å². The molecule has 33 heavy (non-hydrogen) atoms. The van der Waals surface area contributed by atoms with Crippen molar-refractivity contribution in [3.05, 3.63) is 151 Å². The Bertz CT molecular complexity index is 1240. The summed E-state index contributed by atoms with van der Waals surface area (Å²) >= 11 is 1.46. The average Bonchev–Trinajstić information content (AvgIpc) is 3.57. The maximum Gasteiger partial charge on any atom is -0.0771 e. The molecule has 0 atom stereocenters. The van der Waals surface area contributed by atoms with E-state index in [-0.39, 0.29) is 12.4 Å². The largest absolute Gasteiger partial charge is 0.126 e. The molecule has 0 aliphatic heterocycles. The summed E-state index contributed by atoms with van der Waals surface area (Å²) in [7, 11) is 0. The number of hydrogen-bond donors (Lipinski definition) is 0. The van der Waals surface area contributed by atoms with Gasteiger partial charge in [0, 0.05) is 0 Å². The fourth-order valence-electron chi connectivity index (χ4n) is 3.62. The van der Waals surface area contributed by atoms with Crippen LogP contribution >= 0.6 is 12.4 Å². The van der Waals surface area contributed by atoms with E-state index in [0.717, 1.165) is 6.42 Å². The van der Waals surface area contributed by atoms with E-state index in [1.165, 1.54) is 60.1 Å². The van der Waals surface area contributed by atoms with E-state index in [0.29, 0.717) is 0 Å². The minimum absolute atomic E-state index is 0. The summed E-state index contributed by atoms with van der Waals surface area (Å²) in [5.41, 5.74) is 2.66. The van der Waals surface area contributed by atoms with E-state index in [1.807, 2.05) is 12.2 Å². The average molecular weight is 524 g/mol. The summed E-state index contributed by atoms with van der Waals surface area (Å²) < 4.78 is 1.42. The first-order valence-electron chi connectivity index (χ1n) is 10.8. The van der Waals surface area contributed by atoms with Crippen LogP contribution in [0.3, 0.4) is 0 Å². The molecule has 0 bridgehead atoms. The van der Waals surface area contributed by atoms with Gasteiger partial charge >= 0.3 is 99.2 Å². The van der Waals surface area contributed by atoms with Gasteiger partial charge in [-0.05, 0) is 0 Å². The van der Waals surface area contributed by atoms with Crippen LogP contribution in [-0.4, -0.2) is 3.21 Å². The Kier molecular flexibility index (Phi) is 9.88. The second-order valence-electron chi connectivity index (χ2n) is 7.43. The Morgan fingerprint density at radius 1 is 0.636 bits per heavy atom. The number of benzene rings is 4. The van der Waals surface area contributed by atoms with Crippen LogP contribution in [0.5, 0.6) is 0 Å². The standard InChI is InChI=1S/C13H9.C13H10.C5H5.ClH.Zr/c1-3-7-12-10(5-1)9-11-6-2-4-8-13(11)12;1-3-7-12(8-4-1)11-13-9-5-2-6-10-13;1-2-4-5-3-1;;/h1-9H;1-10H;1-3H,4H2;1H;/q-1;;-1;;+2. The van der Waals surface area contributed by atoms with E-state index in [1.54, 1.807) is 0 Å². The zero-order chi connectivity index (χ0) is 22.0.